The lowest BCUT2D eigenvalue weighted by molar-refractivity contribution is 0.0986. The summed E-state index contributed by atoms with van der Waals surface area (Å²) in [5, 5.41) is 8.34. The van der Waals surface area contributed by atoms with Gasteiger partial charge in [0.25, 0.3) is 18.6 Å². The highest BCUT2D eigenvalue weighted by atomic mass is 32.2. The molecule has 0 aliphatic heterocycles. The van der Waals surface area contributed by atoms with Crippen molar-refractivity contribution >= 4 is 35.7 Å². The minimum absolute atomic E-state index is 0.00621. The fourth-order valence-electron chi connectivity index (χ4n) is 3.00. The van der Waals surface area contributed by atoms with E-state index in [9.17, 15) is 8.42 Å². The van der Waals surface area contributed by atoms with Crippen LogP contribution in [0.5, 0.6) is 0 Å². The second-order valence-corrected chi connectivity index (χ2v) is 11.1. The topological polar surface area (TPSA) is 93.0 Å². The Morgan fingerprint density at radius 3 is 1.79 bits per heavy atom. The summed E-state index contributed by atoms with van der Waals surface area (Å²) in [4.78, 5) is 2.00. The summed E-state index contributed by atoms with van der Waals surface area (Å²) in [6, 6.07) is 13.9. The molecule has 1 atom stereocenters. The van der Waals surface area contributed by atoms with Crippen molar-refractivity contribution in [3.05, 3.63) is 48.5 Å². The van der Waals surface area contributed by atoms with Gasteiger partial charge < -0.3 is 9.42 Å². The van der Waals surface area contributed by atoms with Crippen molar-refractivity contribution in [2.45, 2.75) is 44.7 Å². The molecule has 0 heterocycles. The van der Waals surface area contributed by atoms with E-state index in [1.807, 2.05) is 75.6 Å². The average Bonchev–Trinajstić information content (AvgIpc) is 2.76. The zero-order valence-corrected chi connectivity index (χ0v) is 21.9. The molecule has 1 unspecified atom stereocenters. The Balaban J connectivity index is 1.98. The molecule has 11 heteroatoms. The standard InChI is InChI=1S/C22H33N4O5PS/c1-17(2)26(18(3)4)32(29-7)30-16-31-33(27,28)22-14-10-20(11-15-22)24-23-19-8-12-21(13-9-19)25(5)6/h8-15,17-18H,16H2,1-7H3/b24-23+. The van der Waals surface area contributed by atoms with Crippen LogP contribution in [0.3, 0.4) is 0 Å². The van der Waals surface area contributed by atoms with Crippen LogP contribution in [0.15, 0.2) is 63.7 Å². The van der Waals surface area contributed by atoms with E-state index >= 15 is 0 Å². The van der Waals surface area contributed by atoms with Gasteiger partial charge in [-0.1, -0.05) is 0 Å². The molecule has 0 N–H and O–H groups in total. The van der Waals surface area contributed by atoms with Gasteiger partial charge in [-0.3, -0.25) is 4.52 Å². The second kappa shape index (κ2) is 12.5. The van der Waals surface area contributed by atoms with Gasteiger partial charge in [0.2, 0.25) is 0 Å². The van der Waals surface area contributed by atoms with Crippen molar-refractivity contribution in [2.24, 2.45) is 10.2 Å². The molecule has 0 saturated carbocycles. The maximum Gasteiger partial charge on any atom is 0.299 e. The van der Waals surface area contributed by atoms with Gasteiger partial charge in [0.05, 0.1) is 16.3 Å². The lowest BCUT2D eigenvalue weighted by Crippen LogP contribution is -2.33. The van der Waals surface area contributed by atoms with E-state index in [-0.39, 0.29) is 17.0 Å². The number of azo groups is 1. The molecule has 9 nitrogen and oxygen atoms in total. The molecule has 2 aromatic rings. The zero-order chi connectivity index (χ0) is 24.6. The van der Waals surface area contributed by atoms with E-state index in [2.05, 4.69) is 10.2 Å². The van der Waals surface area contributed by atoms with E-state index in [1.54, 1.807) is 12.1 Å². The predicted octanol–water partition coefficient (Wildman–Crippen LogP) is 5.84. The number of hydrogen-bond acceptors (Lipinski definition) is 9. The lowest BCUT2D eigenvalue weighted by Gasteiger charge is -2.34. The van der Waals surface area contributed by atoms with Crippen molar-refractivity contribution in [1.29, 1.82) is 0 Å². The van der Waals surface area contributed by atoms with Crippen molar-refractivity contribution in [2.75, 3.05) is 32.9 Å². The first-order valence-corrected chi connectivity index (χ1v) is 13.0. The fourth-order valence-corrected chi connectivity index (χ4v) is 5.17. The van der Waals surface area contributed by atoms with E-state index in [1.165, 1.54) is 19.2 Å². The van der Waals surface area contributed by atoms with Crippen LogP contribution < -0.4 is 4.90 Å². The summed E-state index contributed by atoms with van der Waals surface area (Å²) in [5.74, 6) is 0. The molecule has 2 rings (SSSR count). The number of hydrogen-bond donors (Lipinski definition) is 0. The molecule has 0 fully saturated rings. The highest BCUT2D eigenvalue weighted by molar-refractivity contribution is 7.86. The Morgan fingerprint density at radius 2 is 1.36 bits per heavy atom. The van der Waals surface area contributed by atoms with Crippen molar-refractivity contribution in [3.63, 3.8) is 0 Å². The summed E-state index contributed by atoms with van der Waals surface area (Å²) < 4.78 is 43.1. The third kappa shape index (κ3) is 8.10. The molecule has 0 radical (unpaired) electrons. The predicted molar refractivity (Wildman–Crippen MR) is 132 cm³/mol. The molecule has 0 aliphatic rings. The Kier molecular flexibility index (Phi) is 10.3. The summed E-state index contributed by atoms with van der Waals surface area (Å²) in [5.41, 5.74) is 2.28. The monoisotopic (exact) mass is 496 g/mol. The van der Waals surface area contributed by atoms with E-state index in [0.717, 1.165) is 5.69 Å². The van der Waals surface area contributed by atoms with Crippen LogP contribution in [-0.2, 0) is 23.3 Å². The maximum atomic E-state index is 12.5. The summed E-state index contributed by atoms with van der Waals surface area (Å²) in [6.45, 7) is 7.64. The summed E-state index contributed by atoms with van der Waals surface area (Å²) in [6.07, 6.45) is 0. The third-order valence-electron chi connectivity index (χ3n) is 4.54. The molecule has 0 aromatic heterocycles. The maximum absolute atomic E-state index is 12.5. The summed E-state index contributed by atoms with van der Waals surface area (Å²) >= 11 is 0. The molecular formula is C22H33N4O5PS. The number of rotatable bonds is 12. The van der Waals surface area contributed by atoms with Gasteiger partial charge >= 0.3 is 0 Å². The smallest absolute Gasteiger partial charge is 0.299 e. The van der Waals surface area contributed by atoms with Gasteiger partial charge in [0.15, 0.2) is 6.79 Å². The molecular weight excluding hydrogens is 463 g/mol. The highest BCUT2D eigenvalue weighted by Gasteiger charge is 2.27. The molecule has 0 amide bonds. The molecule has 0 bridgehead atoms. The van der Waals surface area contributed by atoms with Crippen molar-refractivity contribution < 1.29 is 21.6 Å². The quantitative estimate of drug-likeness (QED) is 0.158. The fraction of sp³-hybridized carbons (Fsp3) is 0.455. The van der Waals surface area contributed by atoms with Gasteiger partial charge in [0.1, 0.15) is 0 Å². The Labute approximate surface area is 198 Å². The Hall–Kier alpha value is -1.94. The van der Waals surface area contributed by atoms with Crippen molar-refractivity contribution in [3.8, 4) is 0 Å². The molecule has 0 saturated heterocycles. The van der Waals surface area contributed by atoms with Gasteiger partial charge in [-0.15, -0.1) is 0 Å². The molecule has 33 heavy (non-hydrogen) atoms. The normalized spacial score (nSPS) is 13.4. The molecule has 0 aliphatic carbocycles. The SMILES string of the molecule is COP(OCOS(=O)(=O)c1ccc(/N=N/c2ccc(N(C)C)cc2)cc1)N(C(C)C)C(C)C. The molecule has 2 aromatic carbocycles. The van der Waals surface area contributed by atoms with E-state index in [0.29, 0.717) is 11.4 Å². The van der Waals surface area contributed by atoms with Gasteiger partial charge in [-0.05, 0) is 76.2 Å². The lowest BCUT2D eigenvalue weighted by atomic mass is 10.3. The van der Waals surface area contributed by atoms with Gasteiger partial charge in [-0.25, -0.2) is 8.85 Å². The van der Waals surface area contributed by atoms with Crippen LogP contribution >= 0.6 is 8.53 Å². The Morgan fingerprint density at radius 1 is 0.879 bits per heavy atom. The van der Waals surface area contributed by atoms with Gasteiger partial charge in [0, 0.05) is 39.0 Å². The average molecular weight is 497 g/mol. The second-order valence-electron chi connectivity index (χ2n) is 7.91. The largest absolute Gasteiger partial charge is 0.378 e. The molecule has 0 spiro atoms. The van der Waals surface area contributed by atoms with Gasteiger partial charge in [-0.2, -0.15) is 18.6 Å². The highest BCUT2D eigenvalue weighted by Crippen LogP contribution is 2.45. The van der Waals surface area contributed by atoms with Crippen LogP contribution in [0, 0.1) is 0 Å². The van der Waals surface area contributed by atoms with E-state index < -0.39 is 25.4 Å². The first-order valence-electron chi connectivity index (χ1n) is 10.5. The molecule has 182 valence electrons. The number of benzene rings is 2. The van der Waals surface area contributed by atoms with Crippen LogP contribution in [0.4, 0.5) is 17.1 Å². The first kappa shape index (κ1) is 27.3. The third-order valence-corrected chi connectivity index (χ3v) is 7.74. The number of nitrogens with zero attached hydrogens (tertiary/aromatic N) is 4. The first-order chi connectivity index (χ1) is 15.5. The van der Waals surface area contributed by atoms with Crippen molar-refractivity contribution in [1.82, 2.24) is 4.67 Å². The van der Waals surface area contributed by atoms with Crippen LogP contribution in [-0.4, -0.2) is 53.2 Å². The van der Waals surface area contributed by atoms with Crippen LogP contribution in [0.1, 0.15) is 27.7 Å². The van der Waals surface area contributed by atoms with E-state index in [4.69, 9.17) is 13.2 Å². The zero-order valence-electron chi connectivity index (χ0n) is 20.2. The minimum Gasteiger partial charge on any atom is -0.378 e. The Bertz CT molecular complexity index is 988. The van der Waals surface area contributed by atoms with Crippen LogP contribution in [0.25, 0.3) is 0 Å². The summed E-state index contributed by atoms with van der Waals surface area (Å²) in [7, 11) is 0.0159. The minimum atomic E-state index is -3.99. The number of anilines is 1. The van der Waals surface area contributed by atoms with Crippen LogP contribution in [0.2, 0.25) is 0 Å².